The van der Waals surface area contributed by atoms with E-state index >= 15 is 0 Å². The van der Waals surface area contributed by atoms with Crippen LogP contribution in [0.2, 0.25) is 0 Å². The minimum absolute atomic E-state index is 0. The Morgan fingerprint density at radius 1 is 1.09 bits per heavy atom. The molecule has 1 heterocycles. The quantitative estimate of drug-likeness (QED) is 0.778. The van der Waals surface area contributed by atoms with Crippen LogP contribution in [0.1, 0.15) is 56.6 Å². The van der Waals surface area contributed by atoms with Crippen LogP contribution in [0.15, 0.2) is 6.07 Å². The number of rotatable bonds is 4. The van der Waals surface area contributed by atoms with Crippen molar-refractivity contribution in [3.63, 3.8) is 0 Å². The van der Waals surface area contributed by atoms with Gasteiger partial charge in [0, 0.05) is 24.6 Å². The third-order valence-corrected chi connectivity index (χ3v) is 4.65. The first-order chi connectivity index (χ1) is 9.70. The van der Waals surface area contributed by atoms with Gasteiger partial charge in [0.15, 0.2) is 0 Å². The maximum absolute atomic E-state index is 5.85. The van der Waals surface area contributed by atoms with Gasteiger partial charge in [-0.25, -0.2) is 4.98 Å². The monoisotopic (exact) mass is 347 g/mol. The van der Waals surface area contributed by atoms with Crippen molar-refractivity contribution >= 4 is 36.6 Å². The molecule has 2 saturated carbocycles. The van der Waals surface area contributed by atoms with E-state index in [1.54, 1.807) is 0 Å². The van der Waals surface area contributed by atoms with Crippen molar-refractivity contribution in [2.75, 3.05) is 17.6 Å². The maximum Gasteiger partial charge on any atom is 0.222 e. The first-order valence-corrected chi connectivity index (χ1v) is 7.84. The van der Waals surface area contributed by atoms with E-state index in [0.29, 0.717) is 17.9 Å². The first kappa shape index (κ1) is 19.3. The Balaban J connectivity index is 0.00000121. The molecule has 7 heteroatoms. The third kappa shape index (κ3) is 4.86. The Morgan fingerprint density at radius 3 is 2.41 bits per heavy atom. The van der Waals surface area contributed by atoms with Gasteiger partial charge in [0.2, 0.25) is 5.95 Å². The van der Waals surface area contributed by atoms with Crippen molar-refractivity contribution in [2.45, 2.75) is 56.9 Å². The summed E-state index contributed by atoms with van der Waals surface area (Å²) < 4.78 is 0. The Morgan fingerprint density at radius 2 is 1.77 bits per heavy atom. The van der Waals surface area contributed by atoms with Crippen LogP contribution in [-0.4, -0.2) is 22.6 Å². The number of hydrogen-bond donors (Lipinski definition) is 3. The second-order valence-corrected chi connectivity index (χ2v) is 6.35. The van der Waals surface area contributed by atoms with Crippen LogP contribution in [0.25, 0.3) is 0 Å². The summed E-state index contributed by atoms with van der Waals surface area (Å²) >= 11 is 0. The van der Waals surface area contributed by atoms with Crippen LogP contribution >= 0.6 is 24.8 Å². The molecule has 1 aromatic heterocycles. The smallest absolute Gasteiger partial charge is 0.222 e. The molecule has 0 atom stereocenters. The fourth-order valence-electron chi connectivity index (χ4n) is 3.33. The Kier molecular flexibility index (Phi) is 7.66. The molecule has 5 N–H and O–H groups in total. The van der Waals surface area contributed by atoms with Gasteiger partial charge in [-0.1, -0.05) is 19.3 Å². The molecule has 22 heavy (non-hydrogen) atoms. The van der Waals surface area contributed by atoms with E-state index in [-0.39, 0.29) is 24.8 Å². The molecule has 0 radical (unpaired) electrons. The molecule has 1 aromatic rings. The highest BCUT2D eigenvalue weighted by Crippen LogP contribution is 2.35. The zero-order valence-corrected chi connectivity index (χ0v) is 14.5. The lowest BCUT2D eigenvalue weighted by molar-refractivity contribution is 0.345. The molecule has 5 nitrogen and oxygen atoms in total. The summed E-state index contributed by atoms with van der Waals surface area (Å²) in [5.41, 5.74) is 12.7. The van der Waals surface area contributed by atoms with Gasteiger partial charge in [-0.15, -0.1) is 24.8 Å². The summed E-state index contributed by atoms with van der Waals surface area (Å²) in [7, 11) is 0. The van der Waals surface area contributed by atoms with Crippen LogP contribution in [0.3, 0.4) is 0 Å². The van der Waals surface area contributed by atoms with E-state index in [1.807, 2.05) is 0 Å². The molecule has 2 fully saturated rings. The van der Waals surface area contributed by atoms with Gasteiger partial charge in [0.25, 0.3) is 0 Å². The Hall–Kier alpha value is -0.780. The van der Waals surface area contributed by atoms with Crippen molar-refractivity contribution < 1.29 is 0 Å². The lowest BCUT2D eigenvalue weighted by Crippen LogP contribution is -2.35. The number of nitrogens with two attached hydrogens (primary N) is 2. The number of nitrogens with zero attached hydrogens (tertiary/aromatic N) is 2. The number of nitrogens with one attached hydrogen (secondary N) is 1. The van der Waals surface area contributed by atoms with Crippen LogP contribution in [-0.2, 0) is 0 Å². The minimum atomic E-state index is 0. The van der Waals surface area contributed by atoms with Crippen LogP contribution in [0.5, 0.6) is 0 Å². The molecule has 126 valence electrons. The molecular formula is C15H27Cl2N5. The van der Waals surface area contributed by atoms with Crippen molar-refractivity contribution in [3.05, 3.63) is 11.8 Å². The van der Waals surface area contributed by atoms with Gasteiger partial charge in [-0.05, 0) is 31.6 Å². The van der Waals surface area contributed by atoms with E-state index in [9.17, 15) is 0 Å². The summed E-state index contributed by atoms with van der Waals surface area (Å²) in [6, 6.07) is 2.38. The largest absolute Gasteiger partial charge is 0.370 e. The molecule has 0 aromatic carbocycles. The second-order valence-electron chi connectivity index (χ2n) is 6.35. The van der Waals surface area contributed by atoms with Crippen molar-refractivity contribution in [1.82, 2.24) is 9.97 Å². The zero-order chi connectivity index (χ0) is 13.9. The highest BCUT2D eigenvalue weighted by molar-refractivity contribution is 5.85. The summed E-state index contributed by atoms with van der Waals surface area (Å²) in [5, 5.41) is 3.45. The van der Waals surface area contributed by atoms with E-state index < -0.39 is 0 Å². The Labute approximate surface area is 144 Å². The number of hydrogen-bond acceptors (Lipinski definition) is 5. The lowest BCUT2D eigenvalue weighted by Gasteiger charge is -2.32. The van der Waals surface area contributed by atoms with Gasteiger partial charge < -0.3 is 16.8 Å². The normalized spacial score (nSPS) is 24.6. The molecule has 2 aliphatic rings. The van der Waals surface area contributed by atoms with Gasteiger partial charge in [0.1, 0.15) is 5.82 Å². The minimum Gasteiger partial charge on any atom is -0.370 e. The van der Waals surface area contributed by atoms with E-state index in [2.05, 4.69) is 21.4 Å². The van der Waals surface area contributed by atoms with Gasteiger partial charge in [-0.3, -0.25) is 0 Å². The Bertz CT molecular complexity index is 459. The summed E-state index contributed by atoms with van der Waals surface area (Å²) in [6.07, 6.45) is 8.81. The number of halogens is 2. The predicted octanol–water partition coefficient (Wildman–Crippen LogP) is 3.10. The standard InChI is InChI=1S/C15H25N5.2ClH/c16-12-6-11(7-12)13-8-14(20-15(17)19-13)18-9-10-4-2-1-3-5-10;;/h8,10-12H,1-7,9,16H2,(H3,17,18,19,20);2*1H. The zero-order valence-electron chi connectivity index (χ0n) is 12.8. The van der Waals surface area contributed by atoms with E-state index in [0.717, 1.165) is 36.8 Å². The number of nitrogen functional groups attached to an aromatic ring is 1. The maximum atomic E-state index is 5.85. The van der Waals surface area contributed by atoms with Gasteiger partial charge in [0.05, 0.1) is 5.69 Å². The number of aromatic nitrogens is 2. The average Bonchev–Trinajstić information content (AvgIpc) is 2.42. The molecule has 0 spiro atoms. The second kappa shape index (κ2) is 8.75. The average molecular weight is 348 g/mol. The molecule has 2 aliphatic carbocycles. The molecule has 3 rings (SSSR count). The van der Waals surface area contributed by atoms with Gasteiger partial charge >= 0.3 is 0 Å². The van der Waals surface area contributed by atoms with Crippen LogP contribution in [0.4, 0.5) is 11.8 Å². The third-order valence-electron chi connectivity index (χ3n) is 4.65. The molecule has 0 unspecified atom stereocenters. The summed E-state index contributed by atoms with van der Waals surface area (Å²) in [4.78, 5) is 8.66. The summed E-state index contributed by atoms with van der Waals surface area (Å²) in [5.74, 6) is 2.48. The van der Waals surface area contributed by atoms with Crippen LogP contribution in [0, 0.1) is 5.92 Å². The topological polar surface area (TPSA) is 89.8 Å². The van der Waals surface area contributed by atoms with E-state index in [4.69, 9.17) is 11.5 Å². The molecule has 0 bridgehead atoms. The molecule has 0 saturated heterocycles. The highest BCUT2D eigenvalue weighted by atomic mass is 35.5. The lowest BCUT2D eigenvalue weighted by atomic mass is 9.78. The number of anilines is 2. The van der Waals surface area contributed by atoms with Crippen molar-refractivity contribution in [2.24, 2.45) is 11.7 Å². The van der Waals surface area contributed by atoms with Crippen molar-refractivity contribution in [3.8, 4) is 0 Å². The summed E-state index contributed by atoms with van der Waals surface area (Å²) in [6.45, 7) is 1.00. The fourth-order valence-corrected chi connectivity index (χ4v) is 3.33. The predicted molar refractivity (Wildman–Crippen MR) is 96.0 cm³/mol. The fraction of sp³-hybridized carbons (Fsp3) is 0.733. The van der Waals surface area contributed by atoms with Crippen molar-refractivity contribution in [1.29, 1.82) is 0 Å². The highest BCUT2D eigenvalue weighted by Gasteiger charge is 2.29. The van der Waals surface area contributed by atoms with Gasteiger partial charge in [-0.2, -0.15) is 4.98 Å². The molecular weight excluding hydrogens is 321 g/mol. The SMILES string of the molecule is Cl.Cl.Nc1nc(NCC2CCCCC2)cc(C2CC(N)C2)n1. The van der Waals surface area contributed by atoms with Crippen LogP contribution < -0.4 is 16.8 Å². The first-order valence-electron chi connectivity index (χ1n) is 7.84. The van der Waals surface area contributed by atoms with E-state index in [1.165, 1.54) is 32.1 Å². The molecule has 0 amide bonds. The molecule has 0 aliphatic heterocycles.